The Morgan fingerprint density at radius 2 is 1.89 bits per heavy atom. The average Bonchev–Trinajstić information content (AvgIpc) is 2.26. The number of aldehydes is 1. The summed E-state index contributed by atoms with van der Waals surface area (Å²) in [6, 6.07) is 4.05. The molecule has 0 radical (unpaired) electrons. The summed E-state index contributed by atoms with van der Waals surface area (Å²) < 4.78 is 0. The Balaban J connectivity index is 3.26. The van der Waals surface area contributed by atoms with E-state index in [0.29, 0.717) is 6.54 Å². The topological polar surface area (TPSA) is 66.6 Å². The van der Waals surface area contributed by atoms with E-state index >= 15 is 0 Å². The van der Waals surface area contributed by atoms with Crippen LogP contribution in [0, 0.1) is 13.8 Å². The highest BCUT2D eigenvalue weighted by Crippen LogP contribution is 2.32. The first kappa shape index (κ1) is 15.0. The van der Waals surface area contributed by atoms with Gasteiger partial charge in [0, 0.05) is 14.1 Å². The number of likely N-dealkylation sites (N-methyl/N-ethyl adjacent to an activating group) is 2. The van der Waals surface area contributed by atoms with Crippen molar-refractivity contribution in [3.05, 3.63) is 23.3 Å². The molecule has 0 bridgehead atoms. The summed E-state index contributed by atoms with van der Waals surface area (Å²) in [6.07, 6.45) is 0.857. The molecule has 1 aromatic carbocycles. The van der Waals surface area contributed by atoms with Crippen molar-refractivity contribution in [2.75, 3.05) is 37.0 Å². The minimum absolute atomic E-state index is 0.145. The van der Waals surface area contributed by atoms with Gasteiger partial charge in [0.1, 0.15) is 6.29 Å². The van der Waals surface area contributed by atoms with Crippen molar-refractivity contribution in [1.82, 2.24) is 0 Å². The van der Waals surface area contributed by atoms with Gasteiger partial charge in [-0.15, -0.1) is 0 Å². The zero-order chi connectivity index (χ0) is 14.6. The fourth-order valence-electron chi connectivity index (χ4n) is 2.25. The summed E-state index contributed by atoms with van der Waals surface area (Å²) in [5.41, 5.74) is 9.26. The number of rotatable bonds is 6. The van der Waals surface area contributed by atoms with E-state index in [1.54, 1.807) is 0 Å². The van der Waals surface area contributed by atoms with Crippen LogP contribution in [0.1, 0.15) is 11.1 Å². The Morgan fingerprint density at radius 3 is 2.42 bits per heavy atom. The summed E-state index contributed by atoms with van der Waals surface area (Å²) in [4.78, 5) is 25.4. The van der Waals surface area contributed by atoms with E-state index in [1.807, 2.05) is 49.9 Å². The van der Waals surface area contributed by atoms with Crippen LogP contribution in [0.4, 0.5) is 11.4 Å². The molecule has 0 heterocycles. The first-order valence-electron chi connectivity index (χ1n) is 6.12. The minimum atomic E-state index is -0.383. The molecule has 1 rings (SSSR count). The number of primary amides is 1. The molecular formula is C14H21N3O2. The van der Waals surface area contributed by atoms with E-state index in [1.165, 1.54) is 0 Å². The van der Waals surface area contributed by atoms with E-state index in [0.717, 1.165) is 28.8 Å². The lowest BCUT2D eigenvalue weighted by Crippen LogP contribution is -2.32. The largest absolute Gasteiger partial charge is 0.368 e. The maximum Gasteiger partial charge on any atom is 0.236 e. The number of anilines is 2. The van der Waals surface area contributed by atoms with Crippen molar-refractivity contribution in [2.45, 2.75) is 13.8 Å². The predicted octanol–water partition coefficient (Wildman–Crippen LogP) is 0.860. The SMILES string of the molecule is Cc1cc(C)c(N(C)CC(N)=O)c(N(C)CC=O)c1. The quantitative estimate of drug-likeness (QED) is 0.773. The van der Waals surface area contributed by atoms with Crippen LogP contribution in [0.3, 0.4) is 0 Å². The molecule has 1 amide bonds. The zero-order valence-electron chi connectivity index (χ0n) is 11.9. The molecule has 104 valence electrons. The molecule has 0 saturated heterocycles. The van der Waals surface area contributed by atoms with E-state index in [2.05, 4.69) is 0 Å². The van der Waals surface area contributed by atoms with E-state index in [-0.39, 0.29) is 12.5 Å². The van der Waals surface area contributed by atoms with Gasteiger partial charge in [-0.3, -0.25) is 4.79 Å². The van der Waals surface area contributed by atoms with Gasteiger partial charge in [-0.05, 0) is 31.0 Å². The monoisotopic (exact) mass is 263 g/mol. The van der Waals surface area contributed by atoms with Crippen LogP contribution < -0.4 is 15.5 Å². The summed E-state index contributed by atoms with van der Waals surface area (Å²) >= 11 is 0. The van der Waals surface area contributed by atoms with Crippen molar-refractivity contribution < 1.29 is 9.59 Å². The lowest BCUT2D eigenvalue weighted by molar-refractivity contribution is -0.116. The molecule has 0 fully saturated rings. The average molecular weight is 263 g/mol. The first-order valence-corrected chi connectivity index (χ1v) is 6.12. The Hall–Kier alpha value is -2.04. The van der Waals surface area contributed by atoms with Crippen molar-refractivity contribution in [3.8, 4) is 0 Å². The van der Waals surface area contributed by atoms with Crippen LogP contribution in [0.15, 0.2) is 12.1 Å². The van der Waals surface area contributed by atoms with Crippen LogP contribution in [0.25, 0.3) is 0 Å². The second kappa shape index (κ2) is 6.22. The summed E-state index contributed by atoms with van der Waals surface area (Å²) in [5, 5.41) is 0. The van der Waals surface area contributed by atoms with Gasteiger partial charge in [0.25, 0.3) is 0 Å². The second-order valence-corrected chi connectivity index (χ2v) is 4.82. The van der Waals surface area contributed by atoms with Crippen LogP contribution >= 0.6 is 0 Å². The Bertz CT molecular complexity index is 486. The maximum atomic E-state index is 11.1. The first-order chi connectivity index (χ1) is 8.86. The lowest BCUT2D eigenvalue weighted by Gasteiger charge is -2.28. The number of carbonyl (C=O) groups is 2. The normalized spacial score (nSPS) is 10.1. The van der Waals surface area contributed by atoms with Crippen LogP contribution in [0.2, 0.25) is 0 Å². The fraction of sp³-hybridized carbons (Fsp3) is 0.429. The molecule has 0 atom stereocenters. The molecule has 0 aliphatic heterocycles. The third-order valence-corrected chi connectivity index (χ3v) is 2.96. The molecule has 0 aliphatic rings. The molecule has 0 unspecified atom stereocenters. The molecule has 0 aliphatic carbocycles. The molecule has 0 spiro atoms. The number of nitrogens with zero attached hydrogens (tertiary/aromatic N) is 2. The van der Waals surface area contributed by atoms with Gasteiger partial charge in [-0.1, -0.05) is 6.07 Å². The fourth-order valence-corrected chi connectivity index (χ4v) is 2.25. The second-order valence-electron chi connectivity index (χ2n) is 4.82. The van der Waals surface area contributed by atoms with Crippen molar-refractivity contribution in [3.63, 3.8) is 0 Å². The van der Waals surface area contributed by atoms with Crippen LogP contribution in [-0.4, -0.2) is 39.4 Å². The van der Waals surface area contributed by atoms with Gasteiger partial charge in [0.2, 0.25) is 5.91 Å². The highest BCUT2D eigenvalue weighted by Gasteiger charge is 2.15. The highest BCUT2D eigenvalue weighted by atomic mass is 16.1. The van der Waals surface area contributed by atoms with Crippen LogP contribution in [0.5, 0.6) is 0 Å². The van der Waals surface area contributed by atoms with Gasteiger partial charge in [0.05, 0.1) is 24.5 Å². The molecule has 2 N–H and O–H groups in total. The summed E-state index contributed by atoms with van der Waals surface area (Å²) in [6.45, 7) is 4.44. The number of aryl methyl sites for hydroxylation is 2. The molecule has 19 heavy (non-hydrogen) atoms. The lowest BCUT2D eigenvalue weighted by atomic mass is 10.1. The van der Waals surface area contributed by atoms with Crippen LogP contribution in [-0.2, 0) is 9.59 Å². The minimum Gasteiger partial charge on any atom is -0.368 e. The molecule has 0 saturated carbocycles. The van der Waals surface area contributed by atoms with E-state index in [4.69, 9.17) is 5.73 Å². The number of hydrogen-bond acceptors (Lipinski definition) is 4. The number of benzene rings is 1. The molecule has 0 aromatic heterocycles. The zero-order valence-corrected chi connectivity index (χ0v) is 11.9. The Morgan fingerprint density at radius 1 is 1.26 bits per heavy atom. The smallest absolute Gasteiger partial charge is 0.236 e. The number of amides is 1. The molecule has 1 aromatic rings. The molecular weight excluding hydrogens is 242 g/mol. The highest BCUT2D eigenvalue weighted by molar-refractivity contribution is 5.84. The van der Waals surface area contributed by atoms with Crippen molar-refractivity contribution in [1.29, 1.82) is 0 Å². The van der Waals surface area contributed by atoms with Crippen molar-refractivity contribution >= 4 is 23.6 Å². The molecule has 5 nitrogen and oxygen atoms in total. The third kappa shape index (κ3) is 3.71. The number of hydrogen-bond donors (Lipinski definition) is 1. The van der Waals surface area contributed by atoms with E-state index < -0.39 is 0 Å². The van der Waals surface area contributed by atoms with Crippen molar-refractivity contribution in [2.24, 2.45) is 5.73 Å². The number of nitrogens with two attached hydrogens (primary N) is 1. The predicted molar refractivity (Wildman–Crippen MR) is 77.7 cm³/mol. The van der Waals surface area contributed by atoms with Gasteiger partial charge in [0.15, 0.2) is 0 Å². The molecule has 5 heteroatoms. The van der Waals surface area contributed by atoms with Gasteiger partial charge < -0.3 is 20.3 Å². The number of carbonyl (C=O) groups excluding carboxylic acids is 2. The van der Waals surface area contributed by atoms with Gasteiger partial charge in [-0.25, -0.2) is 0 Å². The third-order valence-electron chi connectivity index (χ3n) is 2.96. The van der Waals surface area contributed by atoms with Gasteiger partial charge in [-0.2, -0.15) is 0 Å². The Kier molecular flexibility index (Phi) is 4.92. The standard InChI is InChI=1S/C14H21N3O2/c1-10-7-11(2)14(17(4)9-13(15)19)12(8-10)16(3)5-6-18/h6-8H,5,9H2,1-4H3,(H2,15,19). The van der Waals surface area contributed by atoms with Gasteiger partial charge >= 0.3 is 0 Å². The summed E-state index contributed by atoms with van der Waals surface area (Å²) in [7, 11) is 3.67. The Labute approximate surface area is 114 Å². The maximum absolute atomic E-state index is 11.1. The van der Waals surface area contributed by atoms with E-state index in [9.17, 15) is 9.59 Å². The summed E-state index contributed by atoms with van der Waals surface area (Å²) in [5.74, 6) is -0.383.